The van der Waals surface area contributed by atoms with Crippen molar-refractivity contribution in [2.45, 2.75) is 6.61 Å². The van der Waals surface area contributed by atoms with Crippen LogP contribution in [0, 0.1) is 21.4 Å². The third-order valence-electron chi connectivity index (χ3n) is 5.50. The van der Waals surface area contributed by atoms with Crippen LogP contribution in [0.3, 0.4) is 0 Å². The molecule has 1 amide bonds. The zero-order valence-electron chi connectivity index (χ0n) is 19.6. The van der Waals surface area contributed by atoms with Gasteiger partial charge in [-0.1, -0.05) is 48.0 Å². The minimum absolute atomic E-state index is 0.0289. The molecule has 0 saturated heterocycles. The fourth-order valence-corrected chi connectivity index (χ4v) is 3.81. The molecule has 0 heterocycles. The Morgan fingerprint density at radius 2 is 1.86 bits per heavy atom. The van der Waals surface area contributed by atoms with Gasteiger partial charge in [-0.05, 0) is 52.7 Å². The van der Waals surface area contributed by atoms with Crippen LogP contribution in [-0.2, 0) is 11.4 Å². The summed E-state index contributed by atoms with van der Waals surface area (Å²) in [4.78, 5) is 23.2. The summed E-state index contributed by atoms with van der Waals surface area (Å²) in [6.07, 6.45) is 1.40. The molecule has 4 aromatic rings. The van der Waals surface area contributed by atoms with E-state index in [4.69, 9.17) is 21.1 Å². The van der Waals surface area contributed by atoms with Crippen LogP contribution in [0.1, 0.15) is 11.1 Å². The van der Waals surface area contributed by atoms with E-state index in [-0.39, 0.29) is 28.6 Å². The number of nitro groups is 1. The molecule has 0 aliphatic rings. The predicted molar refractivity (Wildman–Crippen MR) is 142 cm³/mol. The highest BCUT2D eigenvalue weighted by Crippen LogP contribution is 2.28. The summed E-state index contributed by atoms with van der Waals surface area (Å²) in [5.74, 6) is 0.520. The lowest BCUT2D eigenvalue weighted by atomic mass is 10.1. The molecule has 0 aromatic heterocycles. The highest BCUT2D eigenvalue weighted by atomic mass is 35.5. The van der Waals surface area contributed by atoms with E-state index in [1.54, 1.807) is 25.3 Å². The Balaban J connectivity index is 1.55. The van der Waals surface area contributed by atoms with Gasteiger partial charge in [-0.3, -0.25) is 14.9 Å². The molecule has 0 radical (unpaired) electrons. The van der Waals surface area contributed by atoms with Crippen LogP contribution in [0.5, 0.6) is 11.5 Å². The number of halogens is 1. The number of carbonyl (C=O) groups is 1. The maximum absolute atomic E-state index is 12.7. The minimum atomic E-state index is -0.755. The maximum Gasteiger partial charge on any atom is 0.271 e. The normalized spacial score (nSPS) is 11.0. The number of nitriles is 1. The second-order valence-corrected chi connectivity index (χ2v) is 8.32. The Morgan fingerprint density at radius 3 is 2.59 bits per heavy atom. The minimum Gasteiger partial charge on any atom is -0.496 e. The molecule has 0 aliphatic heterocycles. The largest absolute Gasteiger partial charge is 0.496 e. The third-order valence-corrected chi connectivity index (χ3v) is 5.83. The first-order chi connectivity index (χ1) is 17.9. The molecule has 0 unspecified atom stereocenters. The molecule has 0 spiro atoms. The van der Waals surface area contributed by atoms with Gasteiger partial charge in [0, 0.05) is 17.7 Å². The molecule has 0 saturated carbocycles. The van der Waals surface area contributed by atoms with E-state index < -0.39 is 10.8 Å². The number of fused-ring (bicyclic) bond motifs is 1. The molecule has 4 aromatic carbocycles. The van der Waals surface area contributed by atoms with Crippen molar-refractivity contribution >= 4 is 45.7 Å². The van der Waals surface area contributed by atoms with Crippen molar-refractivity contribution < 1.29 is 19.2 Å². The number of amides is 1. The van der Waals surface area contributed by atoms with E-state index in [1.165, 1.54) is 18.2 Å². The average Bonchev–Trinajstić information content (AvgIpc) is 2.91. The van der Waals surface area contributed by atoms with Crippen molar-refractivity contribution in [2.75, 3.05) is 12.4 Å². The van der Waals surface area contributed by atoms with E-state index in [0.717, 1.165) is 16.8 Å². The number of carbonyl (C=O) groups excluding carboxylic acids is 1. The first kappa shape index (κ1) is 25.2. The molecular weight excluding hydrogens is 494 g/mol. The zero-order chi connectivity index (χ0) is 26.4. The van der Waals surface area contributed by atoms with Crippen molar-refractivity contribution in [1.29, 1.82) is 5.26 Å². The summed E-state index contributed by atoms with van der Waals surface area (Å²) in [5, 5.41) is 25.3. The maximum atomic E-state index is 12.7. The highest BCUT2D eigenvalue weighted by Gasteiger charge is 2.15. The molecule has 1 N–H and O–H groups in total. The van der Waals surface area contributed by atoms with E-state index in [1.807, 2.05) is 48.5 Å². The average molecular weight is 514 g/mol. The van der Waals surface area contributed by atoms with Gasteiger partial charge in [0.15, 0.2) is 0 Å². The molecule has 0 bridgehead atoms. The number of hydrogen-bond acceptors (Lipinski definition) is 6. The van der Waals surface area contributed by atoms with Crippen molar-refractivity contribution in [3.63, 3.8) is 0 Å². The highest BCUT2D eigenvalue weighted by molar-refractivity contribution is 6.34. The number of ether oxygens (including phenoxy) is 2. The Labute approximate surface area is 217 Å². The van der Waals surface area contributed by atoms with Crippen LogP contribution >= 0.6 is 11.6 Å². The Morgan fingerprint density at radius 1 is 1.08 bits per heavy atom. The molecule has 9 heteroatoms. The molecule has 37 heavy (non-hydrogen) atoms. The number of rotatable bonds is 8. The second kappa shape index (κ2) is 11.2. The molecule has 0 aliphatic carbocycles. The van der Waals surface area contributed by atoms with Crippen molar-refractivity contribution in [3.8, 4) is 17.6 Å². The van der Waals surface area contributed by atoms with Crippen molar-refractivity contribution in [1.82, 2.24) is 0 Å². The van der Waals surface area contributed by atoms with Crippen LogP contribution in [0.2, 0.25) is 5.02 Å². The molecular formula is C28H20ClN3O5. The number of nitro benzene ring substituents is 1. The smallest absolute Gasteiger partial charge is 0.271 e. The molecule has 184 valence electrons. The van der Waals surface area contributed by atoms with Gasteiger partial charge >= 0.3 is 0 Å². The lowest BCUT2D eigenvalue weighted by Gasteiger charge is -2.12. The Bertz CT molecular complexity index is 1580. The first-order valence-corrected chi connectivity index (χ1v) is 11.4. The summed E-state index contributed by atoms with van der Waals surface area (Å²) in [6, 6.07) is 24.4. The summed E-state index contributed by atoms with van der Waals surface area (Å²) < 4.78 is 11.4. The summed E-state index contributed by atoms with van der Waals surface area (Å²) in [7, 11) is 1.54. The molecule has 0 fully saturated rings. The zero-order valence-corrected chi connectivity index (χ0v) is 20.4. The standard InChI is InChI=1S/C28H20ClN3O5/c1-36-27-11-6-18(13-22(27)17-37-24-9-7-19-4-2-3-5-20(19)14-24)12-21(16-30)28(33)31-26-15-23(32(34)35)8-10-25(26)29/h2-15H,17H2,1H3,(H,31,33). The van der Waals surface area contributed by atoms with Crippen LogP contribution < -0.4 is 14.8 Å². The molecule has 8 nitrogen and oxygen atoms in total. The Kier molecular flexibility index (Phi) is 7.67. The monoisotopic (exact) mass is 513 g/mol. The van der Waals surface area contributed by atoms with E-state index in [9.17, 15) is 20.2 Å². The quantitative estimate of drug-likeness (QED) is 0.124. The fourth-order valence-electron chi connectivity index (χ4n) is 3.65. The summed E-state index contributed by atoms with van der Waals surface area (Å²) >= 11 is 6.06. The number of nitrogens with one attached hydrogen (secondary N) is 1. The number of hydrogen-bond donors (Lipinski definition) is 1. The lowest BCUT2D eigenvalue weighted by Crippen LogP contribution is -2.14. The topological polar surface area (TPSA) is 114 Å². The third kappa shape index (κ3) is 6.04. The first-order valence-electron chi connectivity index (χ1n) is 11.0. The van der Waals surface area contributed by atoms with Crippen LogP contribution in [0.4, 0.5) is 11.4 Å². The number of nitrogens with zero attached hydrogens (tertiary/aromatic N) is 2. The number of methoxy groups -OCH3 is 1. The predicted octanol–water partition coefficient (Wildman–Crippen LogP) is 6.53. The van der Waals surface area contributed by atoms with Crippen LogP contribution in [0.15, 0.2) is 84.4 Å². The van der Waals surface area contributed by atoms with Gasteiger partial charge in [0.05, 0.1) is 22.7 Å². The van der Waals surface area contributed by atoms with Gasteiger partial charge in [-0.25, -0.2) is 0 Å². The fraction of sp³-hybridized carbons (Fsp3) is 0.0714. The van der Waals surface area contributed by atoms with Crippen LogP contribution in [0.25, 0.3) is 16.8 Å². The van der Waals surface area contributed by atoms with E-state index in [0.29, 0.717) is 22.6 Å². The lowest BCUT2D eigenvalue weighted by molar-refractivity contribution is -0.384. The van der Waals surface area contributed by atoms with Crippen molar-refractivity contribution in [2.24, 2.45) is 0 Å². The van der Waals surface area contributed by atoms with Gasteiger partial charge in [0.1, 0.15) is 29.7 Å². The van der Waals surface area contributed by atoms with Gasteiger partial charge in [0.25, 0.3) is 11.6 Å². The van der Waals surface area contributed by atoms with Crippen molar-refractivity contribution in [3.05, 3.63) is 111 Å². The van der Waals surface area contributed by atoms with Gasteiger partial charge in [0.2, 0.25) is 0 Å². The molecule has 4 rings (SSSR count). The van der Waals surface area contributed by atoms with E-state index in [2.05, 4.69) is 5.32 Å². The SMILES string of the molecule is COc1ccc(C=C(C#N)C(=O)Nc2cc([N+](=O)[O-])ccc2Cl)cc1COc1ccc2ccccc2c1. The number of anilines is 1. The second-order valence-electron chi connectivity index (χ2n) is 7.91. The summed E-state index contributed by atoms with van der Waals surface area (Å²) in [6.45, 7) is 0.195. The Hall–Kier alpha value is -4.87. The number of non-ortho nitro benzene ring substituents is 1. The van der Waals surface area contributed by atoms with E-state index >= 15 is 0 Å². The van der Waals surface area contributed by atoms with Gasteiger partial charge < -0.3 is 14.8 Å². The summed E-state index contributed by atoms with van der Waals surface area (Å²) in [5.41, 5.74) is 0.849. The number of benzene rings is 4. The van der Waals surface area contributed by atoms with Gasteiger partial charge in [-0.15, -0.1) is 0 Å². The molecule has 0 atom stereocenters. The van der Waals surface area contributed by atoms with Gasteiger partial charge in [-0.2, -0.15) is 5.26 Å². The van der Waals surface area contributed by atoms with Crippen LogP contribution in [-0.4, -0.2) is 17.9 Å².